The van der Waals surface area contributed by atoms with Crippen molar-refractivity contribution >= 4 is 17.4 Å². The van der Waals surface area contributed by atoms with Crippen molar-refractivity contribution in [3.8, 4) is 11.5 Å². The van der Waals surface area contributed by atoms with Crippen LogP contribution in [-0.4, -0.2) is 19.9 Å². The monoisotopic (exact) mass is 385 g/mol. The van der Waals surface area contributed by atoms with E-state index in [0.717, 1.165) is 17.8 Å². The molecule has 0 aliphatic heterocycles. The summed E-state index contributed by atoms with van der Waals surface area (Å²) in [7, 11) is 0. The van der Waals surface area contributed by atoms with Crippen LogP contribution in [0.1, 0.15) is 56.6 Å². The number of nitro groups is 1. The van der Waals surface area contributed by atoms with Crippen LogP contribution in [0.3, 0.4) is 0 Å². The molecule has 1 atom stereocenters. The molecule has 0 amide bonds. The van der Waals surface area contributed by atoms with E-state index in [-0.39, 0.29) is 10.9 Å². The molecule has 142 valence electrons. The molecular weight excluding hydrogens is 362 g/mol. The lowest BCUT2D eigenvalue weighted by Gasteiger charge is -2.56. The molecule has 6 rings (SSSR count). The van der Waals surface area contributed by atoms with Crippen LogP contribution in [0.15, 0.2) is 28.7 Å². The normalized spacial score (nSPS) is 32.6. The summed E-state index contributed by atoms with van der Waals surface area (Å²) >= 11 is 2.04. The third kappa shape index (κ3) is 3.16. The van der Waals surface area contributed by atoms with E-state index in [2.05, 4.69) is 17.1 Å². The van der Waals surface area contributed by atoms with Crippen molar-refractivity contribution in [1.82, 2.24) is 10.2 Å². The standard InChI is InChI=1S/C20H23N3O3S/c1-12(27-20-9-13-6-14(10-20)8-15(7-13)11-20)18-21-22-19(26-18)16-2-4-17(5-3-16)23(24)25/h2-5,12-15H,6-11H2,1H3/t12-,13?,14?,15?,20?/m0/s1. The fraction of sp³-hybridized carbons (Fsp3) is 0.600. The number of nitrogens with zero attached hydrogens (tertiary/aromatic N) is 3. The Labute approximate surface area is 162 Å². The summed E-state index contributed by atoms with van der Waals surface area (Å²) in [6, 6.07) is 6.25. The molecule has 4 bridgehead atoms. The van der Waals surface area contributed by atoms with Gasteiger partial charge in [0.2, 0.25) is 11.8 Å². The summed E-state index contributed by atoms with van der Waals surface area (Å²) in [5, 5.41) is 19.4. The molecule has 6 nitrogen and oxygen atoms in total. The van der Waals surface area contributed by atoms with Gasteiger partial charge in [-0.1, -0.05) is 0 Å². The zero-order chi connectivity index (χ0) is 18.6. The minimum Gasteiger partial charge on any atom is -0.420 e. The minimum atomic E-state index is -0.410. The van der Waals surface area contributed by atoms with Gasteiger partial charge in [-0.25, -0.2) is 0 Å². The second kappa shape index (κ2) is 6.33. The summed E-state index contributed by atoms with van der Waals surface area (Å²) in [5.74, 6) is 3.86. The molecular formula is C20H23N3O3S. The molecule has 4 aliphatic carbocycles. The number of aromatic nitrogens is 2. The quantitative estimate of drug-likeness (QED) is 0.506. The van der Waals surface area contributed by atoms with Gasteiger partial charge in [-0.2, -0.15) is 0 Å². The second-order valence-electron chi connectivity index (χ2n) is 8.61. The Balaban J connectivity index is 1.31. The highest BCUT2D eigenvalue weighted by atomic mass is 32.2. The van der Waals surface area contributed by atoms with Crippen molar-refractivity contribution in [3.05, 3.63) is 40.3 Å². The first-order chi connectivity index (χ1) is 13.0. The SMILES string of the molecule is C[C@H](SC12CC3CC(CC(C3)C1)C2)c1nnc(-c2ccc([N+](=O)[O-])cc2)o1. The Hall–Kier alpha value is -1.89. The smallest absolute Gasteiger partial charge is 0.269 e. The molecule has 1 aromatic carbocycles. The Kier molecular flexibility index (Phi) is 4.04. The van der Waals surface area contributed by atoms with Crippen LogP contribution in [0, 0.1) is 27.9 Å². The molecule has 0 spiro atoms. The summed E-state index contributed by atoms with van der Waals surface area (Å²) in [4.78, 5) is 10.4. The molecule has 4 fully saturated rings. The van der Waals surface area contributed by atoms with E-state index in [0.29, 0.717) is 22.1 Å². The van der Waals surface area contributed by atoms with Gasteiger partial charge in [0.1, 0.15) is 0 Å². The lowest BCUT2D eigenvalue weighted by Crippen LogP contribution is -2.48. The van der Waals surface area contributed by atoms with Crippen LogP contribution in [0.25, 0.3) is 11.5 Å². The van der Waals surface area contributed by atoms with Crippen molar-refractivity contribution in [2.45, 2.75) is 55.4 Å². The predicted molar refractivity (Wildman–Crippen MR) is 103 cm³/mol. The van der Waals surface area contributed by atoms with Crippen molar-refractivity contribution < 1.29 is 9.34 Å². The van der Waals surface area contributed by atoms with Crippen LogP contribution in [0.4, 0.5) is 5.69 Å². The van der Waals surface area contributed by atoms with Crippen LogP contribution < -0.4 is 0 Å². The molecule has 4 aliphatic rings. The predicted octanol–water partition coefficient (Wildman–Crippen LogP) is 5.41. The van der Waals surface area contributed by atoms with E-state index in [1.807, 2.05) is 11.8 Å². The maximum Gasteiger partial charge on any atom is 0.269 e. The van der Waals surface area contributed by atoms with E-state index in [4.69, 9.17) is 4.42 Å². The van der Waals surface area contributed by atoms with Gasteiger partial charge in [-0.15, -0.1) is 22.0 Å². The van der Waals surface area contributed by atoms with Gasteiger partial charge >= 0.3 is 0 Å². The fourth-order valence-corrected chi connectivity index (χ4v) is 7.78. The third-order valence-electron chi connectivity index (χ3n) is 6.52. The average molecular weight is 385 g/mol. The largest absolute Gasteiger partial charge is 0.420 e. The second-order valence-corrected chi connectivity index (χ2v) is 10.4. The van der Waals surface area contributed by atoms with Gasteiger partial charge in [0.15, 0.2) is 0 Å². The Morgan fingerprint density at radius 1 is 1.11 bits per heavy atom. The van der Waals surface area contributed by atoms with Gasteiger partial charge in [0.05, 0.1) is 10.2 Å². The molecule has 27 heavy (non-hydrogen) atoms. The zero-order valence-electron chi connectivity index (χ0n) is 15.3. The maximum absolute atomic E-state index is 10.8. The lowest BCUT2D eigenvalue weighted by atomic mass is 9.56. The van der Waals surface area contributed by atoms with Crippen LogP contribution in [-0.2, 0) is 0 Å². The molecule has 0 radical (unpaired) electrons. The van der Waals surface area contributed by atoms with Gasteiger partial charge in [-0.05, 0) is 75.3 Å². The highest BCUT2D eigenvalue weighted by molar-refractivity contribution is 8.00. The summed E-state index contributed by atoms with van der Waals surface area (Å²) < 4.78 is 6.33. The first kappa shape index (κ1) is 17.2. The van der Waals surface area contributed by atoms with E-state index in [9.17, 15) is 10.1 Å². The number of nitro benzene ring substituents is 1. The number of rotatable bonds is 5. The molecule has 1 aromatic heterocycles. The van der Waals surface area contributed by atoms with E-state index >= 15 is 0 Å². The number of hydrogen-bond donors (Lipinski definition) is 0. The summed E-state index contributed by atoms with van der Waals surface area (Å²) in [6.45, 7) is 2.16. The Morgan fingerprint density at radius 2 is 1.70 bits per heavy atom. The topological polar surface area (TPSA) is 82.1 Å². The molecule has 1 heterocycles. The lowest BCUT2D eigenvalue weighted by molar-refractivity contribution is -0.384. The number of hydrogen-bond acceptors (Lipinski definition) is 6. The number of benzene rings is 1. The molecule has 7 heteroatoms. The van der Waals surface area contributed by atoms with Gasteiger partial charge in [0.25, 0.3) is 5.69 Å². The Morgan fingerprint density at radius 3 is 2.26 bits per heavy atom. The van der Waals surface area contributed by atoms with Crippen LogP contribution >= 0.6 is 11.8 Å². The fourth-order valence-electron chi connectivity index (χ4n) is 5.84. The maximum atomic E-state index is 10.8. The van der Waals surface area contributed by atoms with Crippen molar-refractivity contribution in [2.24, 2.45) is 17.8 Å². The van der Waals surface area contributed by atoms with Gasteiger partial charge < -0.3 is 4.42 Å². The van der Waals surface area contributed by atoms with E-state index in [1.165, 1.54) is 50.7 Å². The van der Waals surface area contributed by atoms with Crippen LogP contribution in [0.5, 0.6) is 0 Å². The first-order valence-corrected chi connectivity index (χ1v) is 10.6. The van der Waals surface area contributed by atoms with Crippen molar-refractivity contribution in [2.75, 3.05) is 0 Å². The third-order valence-corrected chi connectivity index (χ3v) is 8.08. The van der Waals surface area contributed by atoms with Gasteiger partial charge in [0, 0.05) is 22.4 Å². The average Bonchev–Trinajstić information content (AvgIpc) is 3.10. The highest BCUT2D eigenvalue weighted by Crippen LogP contribution is 2.62. The first-order valence-electron chi connectivity index (χ1n) is 9.76. The Bertz CT molecular complexity index is 828. The molecule has 0 unspecified atom stereocenters. The van der Waals surface area contributed by atoms with Crippen LogP contribution in [0.2, 0.25) is 0 Å². The van der Waals surface area contributed by atoms with Crippen molar-refractivity contribution in [1.29, 1.82) is 0 Å². The van der Waals surface area contributed by atoms with E-state index in [1.54, 1.807) is 12.1 Å². The number of thioether (sulfide) groups is 1. The molecule has 0 saturated heterocycles. The summed E-state index contributed by atoms with van der Waals surface area (Å²) in [5.41, 5.74) is 0.774. The summed E-state index contributed by atoms with van der Waals surface area (Å²) in [6.07, 6.45) is 8.36. The number of non-ortho nitro benzene ring substituents is 1. The molecule has 0 N–H and O–H groups in total. The highest BCUT2D eigenvalue weighted by Gasteiger charge is 2.52. The van der Waals surface area contributed by atoms with Gasteiger partial charge in [-0.3, -0.25) is 10.1 Å². The molecule has 4 saturated carbocycles. The van der Waals surface area contributed by atoms with Crippen molar-refractivity contribution in [3.63, 3.8) is 0 Å². The van der Waals surface area contributed by atoms with E-state index < -0.39 is 4.92 Å². The molecule has 2 aromatic rings. The minimum absolute atomic E-state index is 0.0595. The zero-order valence-corrected chi connectivity index (χ0v) is 16.2.